The number of ether oxygens (including phenoxy) is 2. The summed E-state index contributed by atoms with van der Waals surface area (Å²) in [6, 6.07) is 8.48. The lowest BCUT2D eigenvalue weighted by Crippen LogP contribution is -2.05. The van der Waals surface area contributed by atoms with Gasteiger partial charge < -0.3 is 14.8 Å². The van der Waals surface area contributed by atoms with E-state index in [2.05, 4.69) is 31.0 Å². The van der Waals surface area contributed by atoms with Crippen LogP contribution in [0.3, 0.4) is 0 Å². The van der Waals surface area contributed by atoms with Gasteiger partial charge in [0.15, 0.2) is 11.5 Å². The monoisotopic (exact) mass is 358 g/mol. The molecular weight excluding hydrogens is 346 g/mol. The van der Waals surface area contributed by atoms with Crippen molar-refractivity contribution in [3.05, 3.63) is 46.7 Å². The Morgan fingerprint density at radius 1 is 1.24 bits per heavy atom. The molecule has 1 heterocycles. The third-order valence-corrected chi connectivity index (χ3v) is 3.11. The van der Waals surface area contributed by atoms with Gasteiger partial charge in [-0.2, -0.15) is 8.78 Å². The van der Waals surface area contributed by atoms with Crippen LogP contribution in [0, 0.1) is 0 Å². The first-order valence-electron chi connectivity index (χ1n) is 6.05. The van der Waals surface area contributed by atoms with E-state index in [0.717, 1.165) is 10.2 Å². The number of benzene rings is 1. The Morgan fingerprint density at radius 3 is 2.67 bits per heavy atom. The molecule has 21 heavy (non-hydrogen) atoms. The lowest BCUT2D eigenvalue weighted by atomic mass is 10.2. The van der Waals surface area contributed by atoms with Crippen LogP contribution in [0.25, 0.3) is 0 Å². The van der Waals surface area contributed by atoms with Gasteiger partial charge in [0.25, 0.3) is 0 Å². The molecule has 0 radical (unpaired) electrons. The summed E-state index contributed by atoms with van der Waals surface area (Å²) in [5, 5.41) is 3.09. The maximum atomic E-state index is 12.3. The zero-order valence-electron chi connectivity index (χ0n) is 11.1. The molecule has 0 spiro atoms. The zero-order valence-corrected chi connectivity index (χ0v) is 12.7. The smallest absolute Gasteiger partial charge is 0.387 e. The van der Waals surface area contributed by atoms with E-state index in [9.17, 15) is 8.78 Å². The molecule has 1 aromatic carbocycles. The van der Waals surface area contributed by atoms with Crippen molar-refractivity contribution >= 4 is 21.6 Å². The van der Waals surface area contributed by atoms with Gasteiger partial charge in [0.1, 0.15) is 0 Å². The van der Waals surface area contributed by atoms with Crippen LogP contribution in [0.2, 0.25) is 0 Å². The molecule has 0 aliphatic rings. The highest BCUT2D eigenvalue weighted by Gasteiger charge is 2.11. The maximum absolute atomic E-state index is 12.3. The number of anilines is 1. The minimum absolute atomic E-state index is 0.0127. The highest BCUT2D eigenvalue weighted by atomic mass is 79.9. The predicted octanol–water partition coefficient (Wildman–Crippen LogP) is 4.07. The predicted molar refractivity (Wildman–Crippen MR) is 78.9 cm³/mol. The Kier molecular flexibility index (Phi) is 5.32. The molecule has 2 aromatic rings. The summed E-state index contributed by atoms with van der Waals surface area (Å²) in [6.45, 7) is -2.43. The minimum atomic E-state index is -2.90. The Labute approximate surface area is 129 Å². The van der Waals surface area contributed by atoms with E-state index in [1.165, 1.54) is 13.2 Å². The number of halogens is 3. The lowest BCUT2D eigenvalue weighted by Gasteiger charge is -2.12. The van der Waals surface area contributed by atoms with Gasteiger partial charge in [0.2, 0.25) is 0 Å². The summed E-state index contributed by atoms with van der Waals surface area (Å²) in [5.74, 6) is 0.240. The number of hydrogen-bond acceptors (Lipinski definition) is 4. The van der Waals surface area contributed by atoms with Crippen LogP contribution in [0.5, 0.6) is 11.5 Å². The fraction of sp³-hybridized carbons (Fsp3) is 0.214. The fourth-order valence-corrected chi connectivity index (χ4v) is 1.91. The molecule has 0 fully saturated rings. The normalized spacial score (nSPS) is 10.5. The van der Waals surface area contributed by atoms with E-state index in [-0.39, 0.29) is 11.5 Å². The number of nitrogens with zero attached hydrogens (tertiary/aromatic N) is 1. The van der Waals surface area contributed by atoms with Crippen LogP contribution >= 0.6 is 15.9 Å². The molecule has 0 aliphatic heterocycles. The van der Waals surface area contributed by atoms with E-state index >= 15 is 0 Å². The second-order valence-corrected chi connectivity index (χ2v) is 4.98. The molecule has 112 valence electrons. The Balaban J connectivity index is 2.07. The van der Waals surface area contributed by atoms with Gasteiger partial charge in [-0.1, -0.05) is 0 Å². The molecule has 0 saturated heterocycles. The van der Waals surface area contributed by atoms with Crippen LogP contribution in [0.1, 0.15) is 5.69 Å². The van der Waals surface area contributed by atoms with Crippen molar-refractivity contribution < 1.29 is 18.3 Å². The quantitative estimate of drug-likeness (QED) is 0.845. The first-order valence-corrected chi connectivity index (χ1v) is 6.85. The molecule has 0 atom stereocenters. The molecule has 0 aliphatic carbocycles. The first kappa shape index (κ1) is 15.5. The summed E-state index contributed by atoms with van der Waals surface area (Å²) >= 11 is 3.31. The van der Waals surface area contributed by atoms with Crippen molar-refractivity contribution in [2.75, 3.05) is 12.4 Å². The van der Waals surface area contributed by atoms with Gasteiger partial charge in [0.05, 0.1) is 19.3 Å². The zero-order chi connectivity index (χ0) is 15.2. The molecule has 0 bridgehead atoms. The van der Waals surface area contributed by atoms with Gasteiger partial charge >= 0.3 is 6.61 Å². The summed E-state index contributed by atoms with van der Waals surface area (Å²) in [5.41, 5.74) is 1.46. The van der Waals surface area contributed by atoms with E-state index in [4.69, 9.17) is 4.74 Å². The lowest BCUT2D eigenvalue weighted by molar-refractivity contribution is -0.0511. The van der Waals surface area contributed by atoms with Crippen LogP contribution < -0.4 is 14.8 Å². The van der Waals surface area contributed by atoms with E-state index in [0.29, 0.717) is 12.2 Å². The van der Waals surface area contributed by atoms with Crippen LogP contribution in [0.15, 0.2) is 41.0 Å². The van der Waals surface area contributed by atoms with Gasteiger partial charge in [-0.3, -0.25) is 4.98 Å². The summed E-state index contributed by atoms with van der Waals surface area (Å²) < 4.78 is 35.0. The molecule has 0 saturated carbocycles. The molecule has 0 amide bonds. The maximum Gasteiger partial charge on any atom is 0.387 e. The number of alkyl halides is 2. The molecule has 7 heteroatoms. The number of rotatable bonds is 6. The largest absolute Gasteiger partial charge is 0.493 e. The second kappa shape index (κ2) is 7.21. The summed E-state index contributed by atoms with van der Waals surface area (Å²) in [6.07, 6.45) is 1.69. The van der Waals surface area contributed by atoms with E-state index in [1.807, 2.05) is 12.1 Å². The van der Waals surface area contributed by atoms with Crippen molar-refractivity contribution in [3.8, 4) is 11.5 Å². The Hall–Kier alpha value is -1.89. The van der Waals surface area contributed by atoms with Gasteiger partial charge in [-0.05, 0) is 40.2 Å². The average Bonchev–Trinajstić information content (AvgIpc) is 2.46. The van der Waals surface area contributed by atoms with Gasteiger partial charge in [0, 0.05) is 22.4 Å². The van der Waals surface area contributed by atoms with Crippen molar-refractivity contribution in [3.63, 3.8) is 0 Å². The van der Waals surface area contributed by atoms with Crippen LogP contribution in [-0.2, 0) is 6.54 Å². The van der Waals surface area contributed by atoms with Crippen LogP contribution in [0.4, 0.5) is 14.5 Å². The SMILES string of the molecule is COc1ccc(NCc2ccc(Br)cn2)cc1OC(F)F. The van der Waals surface area contributed by atoms with Gasteiger partial charge in [-0.15, -0.1) is 0 Å². The first-order chi connectivity index (χ1) is 10.1. The Bertz CT molecular complexity index is 594. The average molecular weight is 359 g/mol. The third kappa shape index (κ3) is 4.56. The summed E-state index contributed by atoms with van der Waals surface area (Å²) in [4.78, 5) is 4.21. The van der Waals surface area contributed by atoms with Crippen molar-refractivity contribution in [1.82, 2.24) is 4.98 Å². The van der Waals surface area contributed by atoms with Crippen LogP contribution in [-0.4, -0.2) is 18.7 Å². The standard InChI is InChI=1S/C14H13BrF2N2O2/c1-20-12-5-4-10(6-13(12)21-14(16)17)19-8-11-3-2-9(15)7-18-11/h2-7,14,19H,8H2,1H3. The molecular formula is C14H13BrF2N2O2. The van der Waals surface area contributed by atoms with Gasteiger partial charge in [-0.25, -0.2) is 0 Å². The minimum Gasteiger partial charge on any atom is -0.493 e. The molecule has 0 unspecified atom stereocenters. The second-order valence-electron chi connectivity index (χ2n) is 4.07. The topological polar surface area (TPSA) is 43.4 Å². The fourth-order valence-electron chi connectivity index (χ4n) is 1.68. The number of hydrogen-bond donors (Lipinski definition) is 1. The molecule has 2 rings (SSSR count). The number of pyridine rings is 1. The number of nitrogens with one attached hydrogen (secondary N) is 1. The number of methoxy groups -OCH3 is 1. The summed E-state index contributed by atoms with van der Waals surface area (Å²) in [7, 11) is 1.40. The van der Waals surface area contributed by atoms with Crippen molar-refractivity contribution in [1.29, 1.82) is 0 Å². The van der Waals surface area contributed by atoms with Crippen molar-refractivity contribution in [2.24, 2.45) is 0 Å². The highest BCUT2D eigenvalue weighted by Crippen LogP contribution is 2.31. The Morgan fingerprint density at radius 2 is 2.05 bits per heavy atom. The molecule has 1 N–H and O–H groups in total. The molecule has 4 nitrogen and oxygen atoms in total. The third-order valence-electron chi connectivity index (χ3n) is 2.64. The van der Waals surface area contributed by atoms with E-state index in [1.54, 1.807) is 18.3 Å². The molecule has 1 aromatic heterocycles. The van der Waals surface area contributed by atoms with Crippen molar-refractivity contribution in [2.45, 2.75) is 13.2 Å². The number of aromatic nitrogens is 1. The van der Waals surface area contributed by atoms with E-state index < -0.39 is 6.61 Å². The highest BCUT2D eigenvalue weighted by molar-refractivity contribution is 9.10.